The maximum absolute atomic E-state index is 4.45. The zero-order valence-corrected chi connectivity index (χ0v) is 10.9. The molecular weight excluding hydrogens is 281 g/mol. The number of alkyl halides is 1. The van der Waals surface area contributed by atoms with Crippen LogP contribution in [-0.4, -0.2) is 26.8 Å². The largest absolute Gasteiger partial charge is 0.292 e. The third kappa shape index (κ3) is 2.77. The molecule has 1 rings (SSSR count). The summed E-state index contributed by atoms with van der Waals surface area (Å²) in [7, 11) is 0. The summed E-state index contributed by atoms with van der Waals surface area (Å²) in [5.74, 6) is 0. The van der Waals surface area contributed by atoms with Gasteiger partial charge in [0.2, 0.25) is 0 Å². The number of nitrogens with zero attached hydrogens (tertiary/aromatic N) is 1. The molecule has 1 saturated heterocycles. The summed E-state index contributed by atoms with van der Waals surface area (Å²) >= 11 is 7.09. The molecule has 0 aromatic heterocycles. The van der Waals surface area contributed by atoms with Crippen LogP contribution in [0.15, 0.2) is 0 Å². The first kappa shape index (κ1) is 11.1. The highest BCUT2D eigenvalue weighted by Gasteiger charge is 2.30. The highest BCUT2D eigenvalue weighted by Crippen LogP contribution is 2.35. The molecule has 0 radical (unpaired) electrons. The molecule has 12 heavy (non-hydrogen) atoms. The minimum atomic E-state index is 0.433. The van der Waals surface area contributed by atoms with Crippen LogP contribution in [0.5, 0.6) is 0 Å². The van der Waals surface area contributed by atoms with E-state index < -0.39 is 0 Å². The molecule has 0 spiro atoms. The molecule has 0 aromatic carbocycles. The van der Waals surface area contributed by atoms with Crippen LogP contribution in [0.1, 0.15) is 33.1 Å². The van der Waals surface area contributed by atoms with E-state index in [1.54, 1.807) is 0 Å². The summed E-state index contributed by atoms with van der Waals surface area (Å²) in [4.78, 5) is 2.45. The highest BCUT2D eigenvalue weighted by molar-refractivity contribution is 14.1. The fourth-order valence-electron chi connectivity index (χ4n) is 1.65. The van der Waals surface area contributed by atoms with Gasteiger partial charge >= 0.3 is 0 Å². The van der Waals surface area contributed by atoms with Crippen molar-refractivity contribution in [3.8, 4) is 0 Å². The predicted octanol–water partition coefficient (Wildman–Crippen LogP) is 2.94. The molecule has 0 N–H and O–H groups in total. The third-order valence-electron chi connectivity index (χ3n) is 2.86. The third-order valence-corrected chi connectivity index (χ3v) is 5.02. The van der Waals surface area contributed by atoms with Gasteiger partial charge in [-0.2, -0.15) is 12.6 Å². The Hall–Kier alpha value is 1.04. The fourth-order valence-corrected chi connectivity index (χ4v) is 2.37. The summed E-state index contributed by atoms with van der Waals surface area (Å²) in [6.07, 6.45) is 3.96. The Bertz CT molecular complexity index is 141. The molecule has 1 heterocycles. The summed E-state index contributed by atoms with van der Waals surface area (Å²) < 4.78 is 0.580. The molecule has 3 heteroatoms. The van der Waals surface area contributed by atoms with Crippen molar-refractivity contribution in [3.63, 3.8) is 0 Å². The molecule has 1 fully saturated rings. The molecule has 0 aromatic rings. The first-order valence-corrected chi connectivity index (χ1v) is 6.28. The molecule has 1 nitrogen and oxygen atoms in total. The van der Waals surface area contributed by atoms with E-state index in [0.29, 0.717) is 8.80 Å². The van der Waals surface area contributed by atoms with E-state index in [0.717, 1.165) is 0 Å². The van der Waals surface area contributed by atoms with Crippen molar-refractivity contribution in [3.05, 3.63) is 0 Å². The number of piperidine rings is 1. The van der Waals surface area contributed by atoms with Gasteiger partial charge in [-0.1, -0.05) is 29.5 Å². The van der Waals surface area contributed by atoms with Crippen molar-refractivity contribution >= 4 is 35.2 Å². The number of halogens is 1. The second-order valence-electron chi connectivity index (χ2n) is 3.67. The Morgan fingerprint density at radius 1 is 1.50 bits per heavy atom. The SMILES string of the molecule is CCC1(I)CCN(C(C)S)CC1. The zero-order valence-electron chi connectivity index (χ0n) is 7.89. The Morgan fingerprint density at radius 3 is 2.33 bits per heavy atom. The number of hydrogen-bond acceptors (Lipinski definition) is 2. The van der Waals surface area contributed by atoms with Crippen molar-refractivity contribution in [2.45, 2.75) is 41.9 Å². The Labute approximate surface area is 94.8 Å². The molecule has 0 aliphatic carbocycles. The van der Waals surface area contributed by atoms with Crippen molar-refractivity contribution in [2.24, 2.45) is 0 Å². The lowest BCUT2D eigenvalue weighted by Crippen LogP contribution is -2.42. The lowest BCUT2D eigenvalue weighted by Gasteiger charge is -2.39. The molecule has 0 amide bonds. The summed E-state index contributed by atoms with van der Waals surface area (Å²) in [6, 6.07) is 0. The number of likely N-dealkylation sites (tertiary alicyclic amines) is 1. The fraction of sp³-hybridized carbons (Fsp3) is 1.00. The lowest BCUT2D eigenvalue weighted by molar-refractivity contribution is 0.199. The molecule has 72 valence electrons. The molecule has 1 aliphatic rings. The predicted molar refractivity (Wildman–Crippen MR) is 66.3 cm³/mol. The number of hydrogen-bond donors (Lipinski definition) is 1. The normalized spacial score (nSPS) is 27.0. The van der Waals surface area contributed by atoms with Crippen LogP contribution < -0.4 is 0 Å². The van der Waals surface area contributed by atoms with E-state index in [2.05, 4.69) is 54.0 Å². The van der Waals surface area contributed by atoms with Gasteiger partial charge in [0.1, 0.15) is 0 Å². The van der Waals surface area contributed by atoms with Gasteiger partial charge in [-0.3, -0.25) is 4.90 Å². The summed E-state index contributed by atoms with van der Waals surface area (Å²) in [5.41, 5.74) is 0. The monoisotopic (exact) mass is 299 g/mol. The molecule has 0 bridgehead atoms. The summed E-state index contributed by atoms with van der Waals surface area (Å²) in [6.45, 7) is 6.91. The molecule has 1 aliphatic heterocycles. The maximum Gasteiger partial charge on any atom is 0.0499 e. The smallest absolute Gasteiger partial charge is 0.0499 e. The molecule has 1 unspecified atom stereocenters. The maximum atomic E-state index is 4.45. The zero-order chi connectivity index (χ0) is 9.19. The van der Waals surface area contributed by atoms with Gasteiger partial charge in [-0.25, -0.2) is 0 Å². The first-order chi connectivity index (χ1) is 5.57. The number of thiol groups is 1. The van der Waals surface area contributed by atoms with Crippen molar-refractivity contribution in [2.75, 3.05) is 13.1 Å². The van der Waals surface area contributed by atoms with Gasteiger partial charge < -0.3 is 0 Å². The van der Waals surface area contributed by atoms with Gasteiger partial charge in [0.25, 0.3) is 0 Å². The van der Waals surface area contributed by atoms with Gasteiger partial charge in [0.05, 0.1) is 0 Å². The highest BCUT2D eigenvalue weighted by atomic mass is 127. The van der Waals surface area contributed by atoms with E-state index in [4.69, 9.17) is 0 Å². The van der Waals surface area contributed by atoms with E-state index in [9.17, 15) is 0 Å². The van der Waals surface area contributed by atoms with E-state index in [1.807, 2.05) is 0 Å². The first-order valence-electron chi connectivity index (χ1n) is 4.68. The van der Waals surface area contributed by atoms with Gasteiger partial charge in [-0.05, 0) is 26.2 Å². The Morgan fingerprint density at radius 2 is 2.00 bits per heavy atom. The van der Waals surface area contributed by atoms with Crippen LogP contribution in [0, 0.1) is 0 Å². The van der Waals surface area contributed by atoms with Crippen LogP contribution in [-0.2, 0) is 0 Å². The van der Waals surface area contributed by atoms with E-state index in [1.165, 1.54) is 32.4 Å². The van der Waals surface area contributed by atoms with Crippen molar-refractivity contribution in [1.29, 1.82) is 0 Å². The minimum absolute atomic E-state index is 0.433. The lowest BCUT2D eigenvalue weighted by atomic mass is 9.94. The van der Waals surface area contributed by atoms with Crippen LogP contribution in [0.2, 0.25) is 0 Å². The van der Waals surface area contributed by atoms with Crippen LogP contribution in [0.4, 0.5) is 0 Å². The minimum Gasteiger partial charge on any atom is -0.292 e. The quantitative estimate of drug-likeness (QED) is 0.466. The Kier molecular flexibility index (Phi) is 4.18. The van der Waals surface area contributed by atoms with Crippen molar-refractivity contribution < 1.29 is 0 Å². The second-order valence-corrected chi connectivity index (χ2v) is 6.71. The average Bonchev–Trinajstić information content (AvgIpc) is 2.05. The average molecular weight is 299 g/mol. The van der Waals surface area contributed by atoms with Crippen LogP contribution in [0.25, 0.3) is 0 Å². The molecular formula is C9H18INS. The second kappa shape index (κ2) is 4.51. The van der Waals surface area contributed by atoms with Crippen LogP contribution in [0.3, 0.4) is 0 Å². The molecule has 0 saturated carbocycles. The van der Waals surface area contributed by atoms with Gasteiger partial charge in [0.15, 0.2) is 0 Å². The standard InChI is InChI=1S/C9H18INS/c1-3-9(10)4-6-11(7-5-9)8(2)12/h8,12H,3-7H2,1-2H3. The topological polar surface area (TPSA) is 3.24 Å². The van der Waals surface area contributed by atoms with Gasteiger partial charge in [-0.15, -0.1) is 0 Å². The van der Waals surface area contributed by atoms with Crippen LogP contribution >= 0.6 is 35.2 Å². The van der Waals surface area contributed by atoms with Crippen molar-refractivity contribution in [1.82, 2.24) is 4.90 Å². The molecule has 1 atom stereocenters. The Balaban J connectivity index is 2.39. The van der Waals surface area contributed by atoms with Gasteiger partial charge in [0, 0.05) is 21.9 Å². The number of rotatable bonds is 2. The van der Waals surface area contributed by atoms with E-state index >= 15 is 0 Å². The van der Waals surface area contributed by atoms with E-state index in [-0.39, 0.29) is 0 Å². The summed E-state index contributed by atoms with van der Waals surface area (Å²) in [5, 5.41) is 0.433.